The van der Waals surface area contributed by atoms with E-state index >= 15 is 0 Å². The molecule has 2 rings (SSSR count). The van der Waals surface area contributed by atoms with Gasteiger partial charge in [0, 0.05) is 13.2 Å². The Bertz CT molecular complexity index is 1440. The van der Waals surface area contributed by atoms with Gasteiger partial charge in [0.1, 0.15) is 54.9 Å². The van der Waals surface area contributed by atoms with Crippen LogP contribution in [0.4, 0.5) is 0 Å². The summed E-state index contributed by atoms with van der Waals surface area (Å²) in [6.07, 6.45) is 7.17. The minimum atomic E-state index is -4.95. The van der Waals surface area contributed by atoms with Crippen LogP contribution in [0.1, 0.15) is 198 Å². The van der Waals surface area contributed by atoms with E-state index in [0.717, 1.165) is 55.3 Å². The van der Waals surface area contributed by atoms with Crippen molar-refractivity contribution in [3.05, 3.63) is 0 Å². The summed E-state index contributed by atoms with van der Waals surface area (Å²) >= 11 is 0. The third-order valence-corrected chi connectivity index (χ3v) is 15.6. The van der Waals surface area contributed by atoms with Gasteiger partial charge in [-0.05, 0) is 60.2 Å². The Morgan fingerprint density at radius 2 is 0.875 bits per heavy atom. The van der Waals surface area contributed by atoms with Crippen molar-refractivity contribution in [3.63, 3.8) is 0 Å². The molecule has 0 aromatic heterocycles. The average molecular weight is 1060 g/mol. The minimum absolute atomic E-state index is 0.0610. The summed E-state index contributed by atoms with van der Waals surface area (Å²) < 4.78 is 71.1. The van der Waals surface area contributed by atoms with Crippen LogP contribution in [0.25, 0.3) is 0 Å². The van der Waals surface area contributed by atoms with Crippen LogP contribution in [0.2, 0.25) is 0 Å². The maximum Gasteiger partial charge on any atom is 0.397 e. The molecule has 2 saturated heterocycles. The van der Waals surface area contributed by atoms with Crippen LogP contribution in [0.5, 0.6) is 0 Å². The standard InChI is InChI=1S/C55H108O16S/c1-37(2)17-11-19-39(5)21-13-23-41(7)25-15-27-43(9)29-31-65-34-45(66-32-30-44(10)28-16-26-42(8)24-14-22-40(6)20-12-18-38(3)4)35-67-54-52(61)50(59)53(46(33-56)69-54)71-55-51(60)49(58)48(57)47(70-55)36-68-72(62,63)64/h37-61H,11-36H2,1-10H3,(H,62,63,64)/t39?,40?,41?,42?,43?,44?,45?,46-,47-,48+,49+,50-,51-,52-,53-,54-,55+/m1/s1. The Balaban J connectivity index is 1.92. The summed E-state index contributed by atoms with van der Waals surface area (Å²) in [6, 6.07) is 0. The number of aliphatic hydroxyl groups is 6. The highest BCUT2D eigenvalue weighted by molar-refractivity contribution is 7.80. The molecule has 0 saturated carbocycles. The number of hydrogen-bond acceptors (Lipinski definition) is 15. The number of hydrogen-bond donors (Lipinski definition) is 7. The van der Waals surface area contributed by atoms with Gasteiger partial charge in [-0.3, -0.25) is 4.55 Å². The van der Waals surface area contributed by atoms with Gasteiger partial charge in [-0.1, -0.05) is 185 Å². The lowest BCUT2D eigenvalue weighted by Gasteiger charge is -2.46. The van der Waals surface area contributed by atoms with E-state index in [-0.39, 0.29) is 13.2 Å². The fraction of sp³-hybridized carbons (Fsp3) is 1.00. The molecule has 17 atom stereocenters. The SMILES string of the molecule is CC(C)CCCC(C)CCCC(C)CCCC(C)CCOCC(CO[C@@H]1O[C@H](CO)[C@@H](O[C@@H]2O[C@H](COS(=O)(=O)O)[C@H](O)[C@H](O)[C@H]2O)[C@H](O)[C@H]1O)OCCC(C)CCCC(C)CCCC(C)CCCC(C)C. The Morgan fingerprint density at radius 3 is 1.31 bits per heavy atom. The first-order valence-corrected chi connectivity index (χ1v) is 29.8. The first kappa shape index (κ1) is 67.5. The zero-order valence-electron chi connectivity index (χ0n) is 46.6. The van der Waals surface area contributed by atoms with E-state index in [1.165, 1.54) is 103 Å². The largest absolute Gasteiger partial charge is 0.397 e. The molecule has 72 heavy (non-hydrogen) atoms. The van der Waals surface area contributed by atoms with Crippen LogP contribution in [0.15, 0.2) is 0 Å². The molecular weight excluding hydrogens is 949 g/mol. The predicted molar refractivity (Wildman–Crippen MR) is 280 cm³/mol. The highest BCUT2D eigenvalue weighted by atomic mass is 32.3. The fourth-order valence-corrected chi connectivity index (χ4v) is 10.3. The van der Waals surface area contributed by atoms with E-state index in [2.05, 4.69) is 73.4 Å². The van der Waals surface area contributed by atoms with Crippen LogP contribution in [-0.4, -0.2) is 151 Å². The maximum atomic E-state index is 11.2. The van der Waals surface area contributed by atoms with Crippen molar-refractivity contribution in [2.45, 2.75) is 265 Å². The van der Waals surface area contributed by atoms with Gasteiger partial charge in [-0.2, -0.15) is 8.42 Å². The average Bonchev–Trinajstić information content (AvgIpc) is 3.30. The highest BCUT2D eigenvalue weighted by Gasteiger charge is 2.51. The molecule has 430 valence electrons. The van der Waals surface area contributed by atoms with E-state index in [1.807, 2.05) is 0 Å². The molecule has 0 spiro atoms. The Kier molecular flexibility index (Phi) is 34.9. The monoisotopic (exact) mass is 1060 g/mol. The summed E-state index contributed by atoms with van der Waals surface area (Å²) in [5.41, 5.74) is 0. The molecule has 0 radical (unpaired) electrons. The number of aliphatic hydroxyl groups excluding tert-OH is 6. The van der Waals surface area contributed by atoms with Crippen molar-refractivity contribution < 1.29 is 76.2 Å². The van der Waals surface area contributed by atoms with Crippen LogP contribution < -0.4 is 0 Å². The molecule has 7 N–H and O–H groups in total. The van der Waals surface area contributed by atoms with Crippen LogP contribution in [-0.2, 0) is 43.0 Å². The number of ether oxygens (including phenoxy) is 6. The summed E-state index contributed by atoms with van der Waals surface area (Å²) in [6.45, 7) is 22.8. The second-order valence-electron chi connectivity index (χ2n) is 23.5. The van der Waals surface area contributed by atoms with Gasteiger partial charge >= 0.3 is 10.4 Å². The first-order chi connectivity index (χ1) is 34.0. The summed E-state index contributed by atoms with van der Waals surface area (Å²) in [4.78, 5) is 0. The molecule has 17 heteroatoms. The molecule has 16 nitrogen and oxygen atoms in total. The van der Waals surface area contributed by atoms with Gasteiger partial charge in [0.05, 0.1) is 26.4 Å². The van der Waals surface area contributed by atoms with Gasteiger partial charge in [-0.15, -0.1) is 0 Å². The Morgan fingerprint density at radius 1 is 0.472 bits per heavy atom. The molecule has 7 unspecified atom stereocenters. The zero-order valence-corrected chi connectivity index (χ0v) is 47.4. The van der Waals surface area contributed by atoms with Gasteiger partial charge in [0.25, 0.3) is 0 Å². The van der Waals surface area contributed by atoms with Gasteiger partial charge in [0.2, 0.25) is 0 Å². The second-order valence-corrected chi connectivity index (χ2v) is 24.6. The van der Waals surface area contributed by atoms with Crippen molar-refractivity contribution in [2.24, 2.45) is 47.3 Å². The highest BCUT2D eigenvalue weighted by Crippen LogP contribution is 2.31. The molecule has 0 aromatic carbocycles. The lowest BCUT2D eigenvalue weighted by molar-refractivity contribution is -0.360. The van der Waals surface area contributed by atoms with Crippen molar-refractivity contribution in [2.75, 3.05) is 39.6 Å². The van der Waals surface area contributed by atoms with E-state index in [0.29, 0.717) is 31.0 Å². The van der Waals surface area contributed by atoms with E-state index in [1.54, 1.807) is 0 Å². The van der Waals surface area contributed by atoms with Crippen molar-refractivity contribution >= 4 is 10.4 Å². The molecule has 0 bridgehead atoms. The quantitative estimate of drug-likeness (QED) is 0.0223. The molecule has 2 heterocycles. The third kappa shape index (κ3) is 29.2. The molecule has 0 amide bonds. The van der Waals surface area contributed by atoms with Crippen molar-refractivity contribution in [1.82, 2.24) is 0 Å². The Hall–Kier alpha value is -0.610. The van der Waals surface area contributed by atoms with Gasteiger partial charge in [0.15, 0.2) is 12.6 Å². The van der Waals surface area contributed by atoms with Crippen LogP contribution in [0.3, 0.4) is 0 Å². The van der Waals surface area contributed by atoms with Crippen molar-refractivity contribution in [3.8, 4) is 0 Å². The van der Waals surface area contributed by atoms with Gasteiger partial charge < -0.3 is 59.1 Å². The molecule has 2 aliphatic heterocycles. The normalized spacial score (nSPS) is 28.3. The summed E-state index contributed by atoms with van der Waals surface area (Å²) in [5, 5.41) is 64.1. The molecular formula is C55H108O16S. The smallest absolute Gasteiger partial charge is 0.394 e. The first-order valence-electron chi connectivity index (χ1n) is 28.4. The topological polar surface area (TPSA) is 240 Å². The number of rotatable bonds is 42. The molecule has 2 aliphatic rings. The molecule has 0 aromatic rings. The lowest BCUT2D eigenvalue weighted by Crippen LogP contribution is -2.64. The van der Waals surface area contributed by atoms with Gasteiger partial charge in [-0.25, -0.2) is 4.18 Å². The molecule has 0 aliphatic carbocycles. The minimum Gasteiger partial charge on any atom is -0.394 e. The van der Waals surface area contributed by atoms with Crippen LogP contribution in [0, 0.1) is 47.3 Å². The summed E-state index contributed by atoms with van der Waals surface area (Å²) in [7, 11) is -4.95. The Labute approximate surface area is 437 Å². The fourth-order valence-electron chi connectivity index (χ4n) is 9.99. The van der Waals surface area contributed by atoms with E-state index < -0.39 is 91.1 Å². The lowest BCUT2D eigenvalue weighted by atomic mass is 9.91. The van der Waals surface area contributed by atoms with E-state index in [4.69, 9.17) is 33.0 Å². The predicted octanol–water partition coefficient (Wildman–Crippen LogP) is 8.79. The van der Waals surface area contributed by atoms with Crippen LogP contribution >= 0.6 is 0 Å². The van der Waals surface area contributed by atoms with E-state index in [9.17, 15) is 39.1 Å². The second kappa shape index (κ2) is 37.2. The molecule has 2 fully saturated rings. The maximum absolute atomic E-state index is 11.2. The third-order valence-electron chi connectivity index (χ3n) is 15.2. The zero-order chi connectivity index (χ0) is 53.8. The summed E-state index contributed by atoms with van der Waals surface area (Å²) in [5.74, 6) is 5.57. The van der Waals surface area contributed by atoms with Crippen molar-refractivity contribution in [1.29, 1.82) is 0 Å².